The third-order valence-electron chi connectivity index (χ3n) is 5.82. The molecule has 2 aromatic rings. The molecule has 1 N–H and O–H groups in total. The highest BCUT2D eigenvalue weighted by molar-refractivity contribution is 7.59. The smallest absolute Gasteiger partial charge is 0.119 e. The van der Waals surface area contributed by atoms with Crippen LogP contribution in [0.4, 0.5) is 0 Å². The molecule has 5 rings (SSSR count). The second-order valence-electron chi connectivity index (χ2n) is 6.97. The molecule has 3 saturated heterocycles. The van der Waals surface area contributed by atoms with Crippen molar-refractivity contribution in [1.82, 2.24) is 9.88 Å². The fraction of sp³-hybridized carbons (Fsp3) is 0.450. The van der Waals surface area contributed by atoms with Gasteiger partial charge in [-0.3, -0.25) is 9.88 Å². The highest BCUT2D eigenvalue weighted by Crippen LogP contribution is 2.42. The third kappa shape index (κ3) is 3.16. The SMILES string of the molecule is C=C[C@H]1CN2CC[C@H]1C[C@H]2[C@H](O)c1ccnc2ccc(OC)cc12.S. The van der Waals surface area contributed by atoms with Crippen LogP contribution in [0.25, 0.3) is 10.9 Å². The average molecular weight is 359 g/mol. The van der Waals surface area contributed by atoms with Crippen LogP contribution in [0.2, 0.25) is 0 Å². The van der Waals surface area contributed by atoms with E-state index in [0.29, 0.717) is 11.8 Å². The van der Waals surface area contributed by atoms with E-state index in [1.165, 1.54) is 6.42 Å². The molecule has 0 amide bonds. The van der Waals surface area contributed by atoms with Crippen molar-refractivity contribution in [2.45, 2.75) is 25.0 Å². The number of nitrogens with zero attached hydrogens (tertiary/aromatic N) is 2. The van der Waals surface area contributed by atoms with Crippen molar-refractivity contribution in [3.8, 4) is 5.75 Å². The Balaban J connectivity index is 0.00000182. The summed E-state index contributed by atoms with van der Waals surface area (Å²) in [6.45, 7) is 6.07. The number of benzene rings is 1. The summed E-state index contributed by atoms with van der Waals surface area (Å²) in [5.74, 6) is 2.01. The van der Waals surface area contributed by atoms with Gasteiger partial charge >= 0.3 is 0 Å². The molecule has 5 atom stereocenters. The van der Waals surface area contributed by atoms with Crippen molar-refractivity contribution in [3.05, 3.63) is 48.7 Å². The normalized spacial score (nSPS) is 29.0. The maximum absolute atomic E-state index is 11.2. The summed E-state index contributed by atoms with van der Waals surface area (Å²) in [5, 5.41) is 12.1. The van der Waals surface area contributed by atoms with Gasteiger partial charge in [-0.2, -0.15) is 13.5 Å². The van der Waals surface area contributed by atoms with Crippen LogP contribution >= 0.6 is 13.5 Å². The fourth-order valence-corrected chi connectivity index (χ4v) is 4.44. The van der Waals surface area contributed by atoms with Crippen molar-refractivity contribution < 1.29 is 9.84 Å². The first-order valence-electron chi connectivity index (χ1n) is 8.68. The molecule has 4 heterocycles. The van der Waals surface area contributed by atoms with E-state index in [9.17, 15) is 5.11 Å². The molecule has 0 saturated carbocycles. The van der Waals surface area contributed by atoms with Crippen LogP contribution in [-0.2, 0) is 0 Å². The molecule has 25 heavy (non-hydrogen) atoms. The van der Waals surface area contributed by atoms with Gasteiger partial charge in [0.1, 0.15) is 5.75 Å². The molecule has 3 aliphatic rings. The van der Waals surface area contributed by atoms with Gasteiger partial charge < -0.3 is 9.84 Å². The summed E-state index contributed by atoms with van der Waals surface area (Å²) in [4.78, 5) is 6.86. The highest BCUT2D eigenvalue weighted by Gasteiger charge is 2.42. The van der Waals surface area contributed by atoms with Gasteiger partial charge in [0.25, 0.3) is 0 Å². The number of aliphatic hydroxyl groups excluding tert-OH is 1. The van der Waals surface area contributed by atoms with E-state index in [2.05, 4.69) is 22.5 Å². The van der Waals surface area contributed by atoms with E-state index in [1.807, 2.05) is 24.3 Å². The summed E-state index contributed by atoms with van der Waals surface area (Å²) >= 11 is 0. The van der Waals surface area contributed by atoms with Crippen LogP contribution in [0.15, 0.2) is 43.1 Å². The largest absolute Gasteiger partial charge is 0.497 e. The van der Waals surface area contributed by atoms with Gasteiger partial charge in [-0.1, -0.05) is 6.08 Å². The standard InChI is InChI=1S/C20H24N2O2.H2S/c1-3-13-12-22-9-7-14(13)10-19(22)20(23)16-6-8-21-18-5-4-15(24-2)11-17(16)18;/h3-6,8,11,13-14,19-20,23H,1,7,9-10,12H2,2H3;1H2/t13-,14-,19-,20+;/m0./s1. The lowest BCUT2D eigenvalue weighted by molar-refractivity contribution is -0.0444. The van der Waals surface area contributed by atoms with Crippen LogP contribution < -0.4 is 4.74 Å². The molecule has 3 aliphatic heterocycles. The number of aliphatic hydroxyl groups is 1. The minimum atomic E-state index is -0.504. The number of piperidine rings is 3. The summed E-state index contributed by atoms with van der Waals surface area (Å²) in [6.07, 6.45) is 5.62. The number of aromatic nitrogens is 1. The second-order valence-corrected chi connectivity index (χ2v) is 6.97. The Morgan fingerprint density at radius 3 is 2.92 bits per heavy atom. The van der Waals surface area contributed by atoms with Crippen molar-refractivity contribution in [2.75, 3.05) is 20.2 Å². The first kappa shape index (κ1) is 18.2. The number of rotatable bonds is 4. The molecular formula is C20H26N2O2S. The van der Waals surface area contributed by atoms with Gasteiger partial charge in [-0.15, -0.1) is 6.58 Å². The van der Waals surface area contributed by atoms with Crippen LogP contribution in [0, 0.1) is 11.8 Å². The van der Waals surface area contributed by atoms with Crippen molar-refractivity contribution in [3.63, 3.8) is 0 Å². The van der Waals surface area contributed by atoms with Crippen LogP contribution in [0.5, 0.6) is 5.75 Å². The first-order valence-corrected chi connectivity index (χ1v) is 8.68. The molecule has 0 aliphatic carbocycles. The van der Waals surface area contributed by atoms with Gasteiger partial charge in [0.2, 0.25) is 0 Å². The number of hydrogen-bond acceptors (Lipinski definition) is 4. The van der Waals surface area contributed by atoms with Gasteiger partial charge in [0.15, 0.2) is 0 Å². The number of fused-ring (bicyclic) bond motifs is 4. The molecule has 1 aromatic heterocycles. The Kier molecular flexibility index (Phi) is 5.37. The predicted molar refractivity (Wildman–Crippen MR) is 105 cm³/mol. The average Bonchev–Trinajstić information content (AvgIpc) is 2.66. The summed E-state index contributed by atoms with van der Waals surface area (Å²) < 4.78 is 5.35. The lowest BCUT2D eigenvalue weighted by Gasteiger charge is -2.50. The Morgan fingerprint density at radius 2 is 2.24 bits per heavy atom. The molecule has 134 valence electrons. The lowest BCUT2D eigenvalue weighted by Crippen LogP contribution is -2.54. The van der Waals surface area contributed by atoms with E-state index in [0.717, 1.165) is 41.7 Å². The zero-order valence-electron chi connectivity index (χ0n) is 14.6. The molecule has 0 radical (unpaired) electrons. The van der Waals surface area contributed by atoms with Crippen molar-refractivity contribution >= 4 is 24.4 Å². The maximum Gasteiger partial charge on any atom is 0.119 e. The molecule has 4 nitrogen and oxygen atoms in total. The molecular weight excluding hydrogens is 332 g/mol. The van der Waals surface area contributed by atoms with E-state index >= 15 is 0 Å². The van der Waals surface area contributed by atoms with Gasteiger partial charge in [-0.05, 0) is 61.1 Å². The zero-order chi connectivity index (χ0) is 16.7. The number of methoxy groups -OCH3 is 1. The van der Waals surface area contributed by atoms with E-state index in [1.54, 1.807) is 13.3 Å². The van der Waals surface area contributed by atoms with E-state index < -0.39 is 6.10 Å². The quantitative estimate of drug-likeness (QED) is 0.852. The fourth-order valence-electron chi connectivity index (χ4n) is 4.44. The number of pyridine rings is 1. The Morgan fingerprint density at radius 1 is 1.40 bits per heavy atom. The Bertz CT molecular complexity index is 766. The number of hydrogen-bond donors (Lipinski definition) is 1. The number of ether oxygens (including phenoxy) is 1. The topological polar surface area (TPSA) is 45.6 Å². The molecule has 1 unspecified atom stereocenters. The maximum atomic E-state index is 11.2. The highest BCUT2D eigenvalue weighted by atomic mass is 32.1. The molecule has 5 heteroatoms. The van der Waals surface area contributed by atoms with E-state index in [-0.39, 0.29) is 19.5 Å². The van der Waals surface area contributed by atoms with Crippen LogP contribution in [0.3, 0.4) is 0 Å². The molecule has 2 bridgehead atoms. The van der Waals surface area contributed by atoms with Crippen molar-refractivity contribution in [1.29, 1.82) is 0 Å². The Labute approximate surface area is 156 Å². The molecule has 1 aromatic carbocycles. The third-order valence-corrected chi connectivity index (χ3v) is 5.82. The summed E-state index contributed by atoms with van der Waals surface area (Å²) in [5.41, 5.74) is 1.85. The van der Waals surface area contributed by atoms with Crippen LogP contribution in [-0.4, -0.2) is 41.2 Å². The summed E-state index contributed by atoms with van der Waals surface area (Å²) in [6, 6.07) is 7.96. The Hall–Kier alpha value is -1.56. The minimum Gasteiger partial charge on any atom is -0.497 e. The van der Waals surface area contributed by atoms with Crippen LogP contribution in [0.1, 0.15) is 24.5 Å². The van der Waals surface area contributed by atoms with E-state index in [4.69, 9.17) is 4.74 Å². The first-order chi connectivity index (χ1) is 11.7. The van der Waals surface area contributed by atoms with Crippen molar-refractivity contribution in [2.24, 2.45) is 11.8 Å². The second kappa shape index (κ2) is 7.36. The summed E-state index contributed by atoms with van der Waals surface area (Å²) in [7, 11) is 1.66. The predicted octanol–water partition coefficient (Wildman–Crippen LogP) is 3.29. The molecule has 0 spiro atoms. The monoisotopic (exact) mass is 358 g/mol. The zero-order valence-corrected chi connectivity index (χ0v) is 15.6. The van der Waals surface area contributed by atoms with Gasteiger partial charge in [0, 0.05) is 24.2 Å². The lowest BCUT2D eigenvalue weighted by atomic mass is 9.73. The molecule has 3 fully saturated rings. The van der Waals surface area contributed by atoms with Gasteiger partial charge in [0.05, 0.1) is 18.7 Å². The minimum absolute atomic E-state index is 0. The van der Waals surface area contributed by atoms with Gasteiger partial charge in [-0.25, -0.2) is 0 Å².